The largest absolute Gasteiger partial charge is 0.461 e. The Morgan fingerprint density at radius 1 is 1.14 bits per heavy atom. The summed E-state index contributed by atoms with van der Waals surface area (Å²) in [6, 6.07) is 10.3. The number of ether oxygens (including phenoxy) is 1. The van der Waals surface area contributed by atoms with Gasteiger partial charge in [0, 0.05) is 50.8 Å². The number of hydrogen-bond acceptors (Lipinski definition) is 5. The Bertz CT molecular complexity index is 1030. The maximum absolute atomic E-state index is 12.8. The number of H-pyrrole nitrogens is 1. The molecule has 8 heteroatoms. The highest BCUT2D eigenvalue weighted by molar-refractivity contribution is 5.90. The van der Waals surface area contributed by atoms with Crippen LogP contribution in [0.2, 0.25) is 0 Å². The Kier molecular flexibility index (Phi) is 10.1. The van der Waals surface area contributed by atoms with Crippen molar-refractivity contribution in [2.75, 3.05) is 39.8 Å². The smallest absolute Gasteiger partial charge is 0.355 e. The number of carbonyl (C=O) groups excluding carboxylic acids is 3. The van der Waals surface area contributed by atoms with Crippen molar-refractivity contribution >= 4 is 17.8 Å². The van der Waals surface area contributed by atoms with Gasteiger partial charge in [-0.2, -0.15) is 0 Å². The minimum atomic E-state index is -0.362. The summed E-state index contributed by atoms with van der Waals surface area (Å²) in [5.74, 6) is -0.233. The average Bonchev–Trinajstić information content (AvgIpc) is 3.16. The van der Waals surface area contributed by atoms with Gasteiger partial charge in [0.25, 0.3) is 0 Å². The maximum Gasteiger partial charge on any atom is 0.355 e. The zero-order chi connectivity index (χ0) is 26.1. The number of carbonyl (C=O) groups is 3. The quantitative estimate of drug-likeness (QED) is 0.466. The number of likely N-dealkylation sites (tertiary alicyclic amines) is 1. The Labute approximate surface area is 214 Å². The van der Waals surface area contributed by atoms with Crippen LogP contribution in [-0.2, 0) is 27.3 Å². The maximum atomic E-state index is 12.8. The number of amides is 2. The molecule has 2 aromatic rings. The highest BCUT2D eigenvalue weighted by Crippen LogP contribution is 2.22. The SMILES string of the molecule is CCOC(=O)c1[nH]c(C)c(CCC(=O)N2CCC(C(=O)NCCN(C)Cc3ccccc3)CC2)c1C. The third-order valence-corrected chi connectivity index (χ3v) is 6.97. The van der Waals surface area contributed by atoms with E-state index in [2.05, 4.69) is 34.4 Å². The number of aryl methyl sites for hydroxylation is 1. The fourth-order valence-electron chi connectivity index (χ4n) is 4.84. The third-order valence-electron chi connectivity index (χ3n) is 6.97. The number of aromatic nitrogens is 1. The second-order valence-corrected chi connectivity index (χ2v) is 9.62. The molecular weight excluding hydrogens is 456 g/mol. The highest BCUT2D eigenvalue weighted by Gasteiger charge is 2.27. The first-order valence-corrected chi connectivity index (χ1v) is 12.9. The minimum absolute atomic E-state index is 0.0465. The summed E-state index contributed by atoms with van der Waals surface area (Å²) in [5.41, 5.74) is 4.47. The molecule has 1 fully saturated rings. The van der Waals surface area contributed by atoms with E-state index in [9.17, 15) is 14.4 Å². The number of esters is 1. The summed E-state index contributed by atoms with van der Waals surface area (Å²) in [4.78, 5) is 44.7. The predicted molar refractivity (Wildman–Crippen MR) is 140 cm³/mol. The van der Waals surface area contributed by atoms with Crippen LogP contribution in [0, 0.1) is 19.8 Å². The van der Waals surface area contributed by atoms with Gasteiger partial charge in [-0.15, -0.1) is 0 Å². The Morgan fingerprint density at radius 3 is 2.50 bits per heavy atom. The lowest BCUT2D eigenvalue weighted by Crippen LogP contribution is -2.44. The van der Waals surface area contributed by atoms with Crippen LogP contribution in [0.3, 0.4) is 0 Å². The molecule has 2 heterocycles. The fourth-order valence-corrected chi connectivity index (χ4v) is 4.84. The normalized spacial score (nSPS) is 14.2. The third kappa shape index (κ3) is 7.43. The summed E-state index contributed by atoms with van der Waals surface area (Å²) in [5, 5.41) is 3.07. The van der Waals surface area contributed by atoms with Gasteiger partial charge in [0.15, 0.2) is 0 Å². The number of nitrogens with zero attached hydrogens (tertiary/aromatic N) is 2. The van der Waals surface area contributed by atoms with Crippen LogP contribution >= 0.6 is 0 Å². The number of hydrogen-bond donors (Lipinski definition) is 2. The van der Waals surface area contributed by atoms with Gasteiger partial charge in [-0.05, 0) is 63.8 Å². The van der Waals surface area contributed by atoms with E-state index >= 15 is 0 Å². The van der Waals surface area contributed by atoms with Gasteiger partial charge in [-0.3, -0.25) is 9.59 Å². The molecule has 1 aromatic heterocycles. The van der Waals surface area contributed by atoms with Crippen molar-refractivity contribution in [2.24, 2.45) is 5.92 Å². The molecule has 0 radical (unpaired) electrons. The molecule has 3 rings (SSSR count). The van der Waals surface area contributed by atoms with Crippen molar-refractivity contribution in [3.05, 3.63) is 58.4 Å². The molecule has 196 valence electrons. The molecule has 0 aliphatic carbocycles. The second-order valence-electron chi connectivity index (χ2n) is 9.62. The van der Waals surface area contributed by atoms with Gasteiger partial charge in [0.05, 0.1) is 6.61 Å². The van der Waals surface area contributed by atoms with Crippen LogP contribution in [-0.4, -0.2) is 72.4 Å². The zero-order valence-electron chi connectivity index (χ0n) is 22.1. The van der Waals surface area contributed by atoms with Gasteiger partial charge in [-0.1, -0.05) is 30.3 Å². The van der Waals surface area contributed by atoms with E-state index in [1.807, 2.05) is 36.9 Å². The first kappa shape index (κ1) is 27.5. The highest BCUT2D eigenvalue weighted by atomic mass is 16.5. The summed E-state index contributed by atoms with van der Waals surface area (Å²) in [6.07, 6.45) is 2.33. The lowest BCUT2D eigenvalue weighted by Gasteiger charge is -2.31. The summed E-state index contributed by atoms with van der Waals surface area (Å²) in [6.45, 7) is 9.36. The number of rotatable bonds is 11. The second kappa shape index (κ2) is 13.3. The van der Waals surface area contributed by atoms with E-state index in [0.717, 1.165) is 29.9 Å². The molecule has 1 aromatic carbocycles. The lowest BCUT2D eigenvalue weighted by atomic mass is 9.95. The number of nitrogens with one attached hydrogen (secondary N) is 2. The molecule has 0 saturated carbocycles. The van der Waals surface area contributed by atoms with Crippen LogP contribution in [0.1, 0.15) is 59.1 Å². The number of aromatic amines is 1. The van der Waals surface area contributed by atoms with E-state index in [0.29, 0.717) is 57.6 Å². The number of benzene rings is 1. The Morgan fingerprint density at radius 2 is 1.83 bits per heavy atom. The molecule has 0 atom stereocenters. The molecule has 2 amide bonds. The van der Waals surface area contributed by atoms with E-state index in [1.165, 1.54) is 5.56 Å². The van der Waals surface area contributed by atoms with E-state index in [-0.39, 0.29) is 23.7 Å². The average molecular weight is 497 g/mol. The molecule has 1 aliphatic rings. The standard InChI is InChI=1S/C28H40N4O4/c1-5-36-28(35)26-20(2)24(21(3)30-26)11-12-25(33)32-16-13-23(14-17-32)27(34)29-15-18-31(4)19-22-9-7-6-8-10-22/h6-10,23,30H,5,11-19H2,1-4H3,(H,29,34). The van der Waals surface area contributed by atoms with Gasteiger partial charge < -0.3 is 24.8 Å². The first-order chi connectivity index (χ1) is 17.3. The van der Waals surface area contributed by atoms with Crippen LogP contribution in [0.15, 0.2) is 30.3 Å². The van der Waals surface area contributed by atoms with Crippen molar-refractivity contribution in [3.8, 4) is 0 Å². The van der Waals surface area contributed by atoms with E-state index in [1.54, 1.807) is 6.92 Å². The van der Waals surface area contributed by atoms with Crippen LogP contribution in [0.25, 0.3) is 0 Å². The Balaban J connectivity index is 1.38. The summed E-state index contributed by atoms with van der Waals surface area (Å²) < 4.78 is 5.11. The van der Waals surface area contributed by atoms with Crippen LogP contribution < -0.4 is 5.32 Å². The van der Waals surface area contributed by atoms with Crippen molar-refractivity contribution in [2.45, 2.75) is 53.0 Å². The number of piperidine rings is 1. The molecule has 8 nitrogen and oxygen atoms in total. The minimum Gasteiger partial charge on any atom is -0.461 e. The summed E-state index contributed by atoms with van der Waals surface area (Å²) in [7, 11) is 2.05. The molecule has 2 N–H and O–H groups in total. The van der Waals surface area contributed by atoms with Crippen LogP contribution in [0.4, 0.5) is 0 Å². The Hall–Kier alpha value is -3.13. The molecule has 36 heavy (non-hydrogen) atoms. The van der Waals surface area contributed by atoms with Crippen molar-refractivity contribution in [1.82, 2.24) is 20.1 Å². The number of likely N-dealkylation sites (N-methyl/N-ethyl adjacent to an activating group) is 1. The van der Waals surface area contributed by atoms with E-state index in [4.69, 9.17) is 4.74 Å². The predicted octanol–water partition coefficient (Wildman–Crippen LogP) is 3.23. The molecule has 1 aliphatic heterocycles. The fraction of sp³-hybridized carbons (Fsp3) is 0.536. The topological polar surface area (TPSA) is 94.7 Å². The first-order valence-electron chi connectivity index (χ1n) is 12.9. The van der Waals surface area contributed by atoms with E-state index < -0.39 is 0 Å². The van der Waals surface area contributed by atoms with Crippen LogP contribution in [0.5, 0.6) is 0 Å². The van der Waals surface area contributed by atoms with Crippen molar-refractivity contribution < 1.29 is 19.1 Å². The van der Waals surface area contributed by atoms with Gasteiger partial charge in [-0.25, -0.2) is 4.79 Å². The molecule has 1 saturated heterocycles. The van der Waals surface area contributed by atoms with Crippen molar-refractivity contribution in [1.29, 1.82) is 0 Å². The molecular formula is C28H40N4O4. The van der Waals surface area contributed by atoms with Gasteiger partial charge in [0.2, 0.25) is 11.8 Å². The molecule has 0 bridgehead atoms. The monoisotopic (exact) mass is 496 g/mol. The molecule has 0 unspecified atom stereocenters. The van der Waals surface area contributed by atoms with Crippen molar-refractivity contribution in [3.63, 3.8) is 0 Å². The lowest BCUT2D eigenvalue weighted by molar-refractivity contribution is -0.135. The van der Waals surface area contributed by atoms with Gasteiger partial charge in [0.1, 0.15) is 5.69 Å². The van der Waals surface area contributed by atoms with Gasteiger partial charge >= 0.3 is 5.97 Å². The molecule has 0 spiro atoms. The summed E-state index contributed by atoms with van der Waals surface area (Å²) >= 11 is 0. The zero-order valence-corrected chi connectivity index (χ0v) is 22.1.